The largest absolute Gasteiger partial charge is 0.327 e. The van der Waals surface area contributed by atoms with Crippen LogP contribution in [0, 0.1) is 18.3 Å². The molecule has 2 atom stereocenters. The SMILES string of the molecule is CCn1nc(C)cc1CC(N)CC(C)C(C)(C)C. The second kappa shape index (κ2) is 5.87. The van der Waals surface area contributed by atoms with E-state index >= 15 is 0 Å². The van der Waals surface area contributed by atoms with Crippen LogP contribution in [0.2, 0.25) is 0 Å². The third kappa shape index (κ3) is 4.13. The molecule has 104 valence electrons. The fourth-order valence-electron chi connectivity index (χ4n) is 2.20. The van der Waals surface area contributed by atoms with Gasteiger partial charge in [-0.2, -0.15) is 5.10 Å². The maximum atomic E-state index is 6.30. The number of nitrogens with zero attached hydrogens (tertiary/aromatic N) is 2. The van der Waals surface area contributed by atoms with Crippen molar-refractivity contribution in [3.05, 3.63) is 17.5 Å². The van der Waals surface area contributed by atoms with Crippen LogP contribution in [0.1, 0.15) is 52.4 Å². The highest BCUT2D eigenvalue weighted by molar-refractivity contribution is 5.10. The number of hydrogen-bond acceptors (Lipinski definition) is 2. The molecule has 0 fully saturated rings. The molecular formula is C15H29N3. The Morgan fingerprint density at radius 3 is 2.50 bits per heavy atom. The summed E-state index contributed by atoms with van der Waals surface area (Å²) in [6.07, 6.45) is 1.99. The maximum Gasteiger partial charge on any atom is 0.0596 e. The lowest BCUT2D eigenvalue weighted by Gasteiger charge is -2.29. The number of aryl methyl sites for hydroxylation is 2. The number of nitrogens with two attached hydrogens (primary N) is 1. The first-order chi connectivity index (χ1) is 8.24. The first kappa shape index (κ1) is 15.2. The van der Waals surface area contributed by atoms with E-state index in [0.29, 0.717) is 11.3 Å². The fraction of sp³-hybridized carbons (Fsp3) is 0.800. The van der Waals surface area contributed by atoms with E-state index in [2.05, 4.69) is 50.5 Å². The Hall–Kier alpha value is -0.830. The summed E-state index contributed by atoms with van der Waals surface area (Å²) in [5.74, 6) is 0.631. The van der Waals surface area contributed by atoms with Gasteiger partial charge >= 0.3 is 0 Å². The van der Waals surface area contributed by atoms with E-state index in [9.17, 15) is 0 Å². The molecule has 0 spiro atoms. The molecule has 0 radical (unpaired) electrons. The van der Waals surface area contributed by atoms with Gasteiger partial charge in [-0.05, 0) is 37.7 Å². The van der Waals surface area contributed by atoms with Crippen molar-refractivity contribution < 1.29 is 0 Å². The average molecular weight is 251 g/mol. The Bertz CT molecular complexity index is 374. The van der Waals surface area contributed by atoms with Crippen molar-refractivity contribution in [2.75, 3.05) is 0 Å². The Morgan fingerprint density at radius 1 is 1.39 bits per heavy atom. The molecule has 0 bridgehead atoms. The molecule has 0 aliphatic rings. The first-order valence-corrected chi connectivity index (χ1v) is 7.03. The van der Waals surface area contributed by atoms with Crippen LogP contribution in [-0.2, 0) is 13.0 Å². The van der Waals surface area contributed by atoms with E-state index in [1.807, 2.05) is 6.92 Å². The standard InChI is InChI=1S/C15H29N3/c1-7-18-14(9-12(3)17-18)10-13(16)8-11(2)15(4,5)6/h9,11,13H,7-8,10,16H2,1-6H3. The first-order valence-electron chi connectivity index (χ1n) is 7.03. The van der Waals surface area contributed by atoms with Crippen molar-refractivity contribution in [1.82, 2.24) is 9.78 Å². The smallest absolute Gasteiger partial charge is 0.0596 e. The summed E-state index contributed by atoms with van der Waals surface area (Å²) in [6.45, 7) is 14.2. The third-order valence-corrected chi connectivity index (χ3v) is 3.89. The van der Waals surface area contributed by atoms with Crippen molar-refractivity contribution >= 4 is 0 Å². The summed E-state index contributed by atoms with van der Waals surface area (Å²) in [5, 5.41) is 4.47. The molecule has 1 aromatic rings. The van der Waals surface area contributed by atoms with Gasteiger partial charge in [-0.3, -0.25) is 4.68 Å². The molecule has 3 nitrogen and oxygen atoms in total. The summed E-state index contributed by atoms with van der Waals surface area (Å²) in [5.41, 5.74) is 8.98. The van der Waals surface area contributed by atoms with Gasteiger partial charge in [0.2, 0.25) is 0 Å². The van der Waals surface area contributed by atoms with E-state index < -0.39 is 0 Å². The quantitative estimate of drug-likeness (QED) is 0.873. The summed E-state index contributed by atoms with van der Waals surface area (Å²) < 4.78 is 2.07. The van der Waals surface area contributed by atoms with Gasteiger partial charge in [-0.1, -0.05) is 27.7 Å². The topological polar surface area (TPSA) is 43.8 Å². The van der Waals surface area contributed by atoms with Crippen LogP contribution in [-0.4, -0.2) is 15.8 Å². The number of rotatable bonds is 5. The van der Waals surface area contributed by atoms with E-state index in [-0.39, 0.29) is 6.04 Å². The Kier molecular flexibility index (Phi) is 4.97. The van der Waals surface area contributed by atoms with Crippen LogP contribution in [0.4, 0.5) is 0 Å². The molecule has 18 heavy (non-hydrogen) atoms. The number of hydrogen-bond donors (Lipinski definition) is 1. The molecule has 0 aromatic carbocycles. The van der Waals surface area contributed by atoms with Crippen molar-refractivity contribution in [3.63, 3.8) is 0 Å². The average Bonchev–Trinajstić information content (AvgIpc) is 2.56. The molecule has 0 amide bonds. The van der Waals surface area contributed by atoms with Crippen LogP contribution >= 0.6 is 0 Å². The molecule has 0 aliphatic carbocycles. The molecule has 0 aliphatic heterocycles. The van der Waals surface area contributed by atoms with Gasteiger partial charge in [0.25, 0.3) is 0 Å². The van der Waals surface area contributed by atoms with Gasteiger partial charge in [-0.25, -0.2) is 0 Å². The molecule has 2 unspecified atom stereocenters. The fourth-order valence-corrected chi connectivity index (χ4v) is 2.20. The number of aromatic nitrogens is 2. The highest BCUT2D eigenvalue weighted by atomic mass is 15.3. The van der Waals surface area contributed by atoms with Crippen molar-refractivity contribution in [2.45, 2.75) is 67.0 Å². The van der Waals surface area contributed by atoms with E-state index in [0.717, 1.165) is 25.1 Å². The minimum atomic E-state index is 0.223. The lowest BCUT2D eigenvalue weighted by molar-refractivity contribution is 0.232. The van der Waals surface area contributed by atoms with Gasteiger partial charge in [0, 0.05) is 24.7 Å². The van der Waals surface area contributed by atoms with E-state index in [1.54, 1.807) is 0 Å². The lowest BCUT2D eigenvalue weighted by Crippen LogP contribution is -2.30. The molecule has 2 N–H and O–H groups in total. The van der Waals surface area contributed by atoms with Crippen LogP contribution in [0.5, 0.6) is 0 Å². The molecule has 0 saturated heterocycles. The zero-order valence-corrected chi connectivity index (χ0v) is 12.8. The Labute approximate surface area is 112 Å². The molecule has 0 saturated carbocycles. The zero-order chi connectivity index (χ0) is 13.9. The minimum absolute atomic E-state index is 0.223. The van der Waals surface area contributed by atoms with Gasteiger partial charge in [0.1, 0.15) is 0 Å². The van der Waals surface area contributed by atoms with Crippen LogP contribution < -0.4 is 5.73 Å². The van der Waals surface area contributed by atoms with Gasteiger partial charge in [0.15, 0.2) is 0 Å². The predicted molar refractivity (Wildman–Crippen MR) is 77.6 cm³/mol. The molecule has 3 heteroatoms. The molecule has 1 aromatic heterocycles. The molecule has 1 rings (SSSR count). The van der Waals surface area contributed by atoms with E-state index in [1.165, 1.54) is 5.69 Å². The summed E-state index contributed by atoms with van der Waals surface area (Å²) >= 11 is 0. The zero-order valence-electron chi connectivity index (χ0n) is 12.8. The monoisotopic (exact) mass is 251 g/mol. The minimum Gasteiger partial charge on any atom is -0.327 e. The molecular weight excluding hydrogens is 222 g/mol. The van der Waals surface area contributed by atoms with Crippen LogP contribution in [0.15, 0.2) is 6.07 Å². The second-order valence-electron chi connectivity index (χ2n) is 6.56. The normalized spacial score (nSPS) is 15.7. The lowest BCUT2D eigenvalue weighted by atomic mass is 9.78. The van der Waals surface area contributed by atoms with Gasteiger partial charge in [0.05, 0.1) is 5.69 Å². The second-order valence-corrected chi connectivity index (χ2v) is 6.56. The summed E-state index contributed by atoms with van der Waals surface area (Å²) in [4.78, 5) is 0. The van der Waals surface area contributed by atoms with Crippen molar-refractivity contribution in [1.29, 1.82) is 0 Å². The predicted octanol–water partition coefficient (Wildman–Crippen LogP) is 3.15. The maximum absolute atomic E-state index is 6.30. The van der Waals surface area contributed by atoms with Crippen molar-refractivity contribution in [3.8, 4) is 0 Å². The van der Waals surface area contributed by atoms with Gasteiger partial charge in [-0.15, -0.1) is 0 Å². The summed E-state index contributed by atoms with van der Waals surface area (Å²) in [7, 11) is 0. The van der Waals surface area contributed by atoms with Crippen LogP contribution in [0.25, 0.3) is 0 Å². The van der Waals surface area contributed by atoms with Crippen molar-refractivity contribution in [2.24, 2.45) is 17.1 Å². The Balaban J connectivity index is 2.61. The van der Waals surface area contributed by atoms with Gasteiger partial charge < -0.3 is 5.73 Å². The summed E-state index contributed by atoms with van der Waals surface area (Å²) in [6, 6.07) is 2.38. The Morgan fingerprint density at radius 2 is 2.00 bits per heavy atom. The highest BCUT2D eigenvalue weighted by Crippen LogP contribution is 2.29. The molecule has 1 heterocycles. The highest BCUT2D eigenvalue weighted by Gasteiger charge is 2.22. The van der Waals surface area contributed by atoms with E-state index in [4.69, 9.17) is 5.73 Å². The van der Waals surface area contributed by atoms with Crippen LogP contribution in [0.3, 0.4) is 0 Å². The third-order valence-electron chi connectivity index (χ3n) is 3.89.